The zero-order valence-electron chi connectivity index (χ0n) is 13.2. The van der Waals surface area contributed by atoms with Crippen LogP contribution < -0.4 is 4.72 Å². The van der Waals surface area contributed by atoms with Crippen LogP contribution in [0, 0.1) is 0 Å². The number of piperidine rings is 1. The summed E-state index contributed by atoms with van der Waals surface area (Å²) in [5.41, 5.74) is 1.15. The van der Waals surface area contributed by atoms with E-state index >= 15 is 0 Å². The maximum Gasteiger partial charge on any atom is 0.223 e. The predicted molar refractivity (Wildman–Crippen MR) is 87.1 cm³/mol. The van der Waals surface area contributed by atoms with Crippen molar-refractivity contribution in [2.45, 2.75) is 38.1 Å². The van der Waals surface area contributed by atoms with Crippen molar-refractivity contribution >= 4 is 15.9 Å². The van der Waals surface area contributed by atoms with Crippen molar-refractivity contribution in [1.82, 2.24) is 9.62 Å². The number of nitrogens with zero attached hydrogens (tertiary/aromatic N) is 1. The molecule has 0 spiro atoms. The van der Waals surface area contributed by atoms with E-state index in [0.717, 1.165) is 24.7 Å². The minimum absolute atomic E-state index is 0.0938. The molecule has 1 fully saturated rings. The van der Waals surface area contributed by atoms with Crippen LogP contribution in [0.3, 0.4) is 0 Å². The second-order valence-electron chi connectivity index (χ2n) is 6.08. The highest BCUT2D eigenvalue weighted by Gasteiger charge is 2.26. The molecule has 0 saturated carbocycles. The summed E-state index contributed by atoms with van der Waals surface area (Å²) in [6, 6.07) is 9.81. The van der Waals surface area contributed by atoms with Gasteiger partial charge in [0.25, 0.3) is 0 Å². The highest BCUT2D eigenvalue weighted by Crippen LogP contribution is 2.21. The topological polar surface area (TPSA) is 66.5 Å². The Morgan fingerprint density at radius 3 is 2.68 bits per heavy atom. The molecule has 1 N–H and O–H groups in total. The van der Waals surface area contributed by atoms with Crippen molar-refractivity contribution in [3.05, 3.63) is 35.9 Å². The maximum absolute atomic E-state index is 12.4. The summed E-state index contributed by atoms with van der Waals surface area (Å²) in [6.07, 6.45) is 3.23. The molecule has 0 radical (unpaired) electrons. The fourth-order valence-electron chi connectivity index (χ4n) is 2.89. The van der Waals surface area contributed by atoms with Gasteiger partial charge in [-0.15, -0.1) is 0 Å². The summed E-state index contributed by atoms with van der Waals surface area (Å²) in [6.45, 7) is 3.22. The third-order valence-electron chi connectivity index (χ3n) is 4.00. The van der Waals surface area contributed by atoms with Crippen molar-refractivity contribution < 1.29 is 13.2 Å². The molecule has 1 heterocycles. The van der Waals surface area contributed by atoms with Crippen molar-refractivity contribution in [2.75, 3.05) is 19.3 Å². The number of benzene rings is 1. The molecule has 5 nitrogen and oxygen atoms in total. The minimum Gasteiger partial charge on any atom is -0.341 e. The molecule has 1 aliphatic heterocycles. The van der Waals surface area contributed by atoms with E-state index in [-0.39, 0.29) is 17.9 Å². The molecular formula is C16H24N2O3S. The number of likely N-dealkylation sites (tertiary alicyclic amines) is 1. The van der Waals surface area contributed by atoms with Crippen LogP contribution in [0.5, 0.6) is 0 Å². The normalized spacial score (nSPS) is 20.6. The second-order valence-corrected chi connectivity index (χ2v) is 7.86. The monoisotopic (exact) mass is 324 g/mol. The average Bonchev–Trinajstić information content (AvgIpc) is 2.46. The van der Waals surface area contributed by atoms with Gasteiger partial charge in [-0.05, 0) is 24.3 Å². The molecule has 2 unspecified atom stereocenters. The van der Waals surface area contributed by atoms with Gasteiger partial charge >= 0.3 is 0 Å². The molecule has 2 atom stereocenters. The largest absolute Gasteiger partial charge is 0.341 e. The number of nitrogens with one attached hydrogen (secondary N) is 1. The number of carbonyl (C=O) groups is 1. The van der Waals surface area contributed by atoms with Crippen LogP contribution >= 0.6 is 0 Å². The molecule has 2 rings (SSSR count). The van der Waals surface area contributed by atoms with Crippen molar-refractivity contribution in [3.63, 3.8) is 0 Å². The zero-order chi connectivity index (χ0) is 16.2. The fourth-order valence-corrected chi connectivity index (χ4v) is 3.69. The molecule has 0 aromatic heterocycles. The summed E-state index contributed by atoms with van der Waals surface area (Å²) < 4.78 is 25.3. The highest BCUT2D eigenvalue weighted by atomic mass is 32.2. The Kier molecular flexibility index (Phi) is 5.58. The van der Waals surface area contributed by atoms with Gasteiger partial charge in [0.15, 0.2) is 0 Å². The molecule has 0 aliphatic carbocycles. The Bertz CT molecular complexity index is 601. The van der Waals surface area contributed by atoms with E-state index in [9.17, 15) is 13.2 Å². The molecule has 1 amide bonds. The Morgan fingerprint density at radius 1 is 1.36 bits per heavy atom. The highest BCUT2D eigenvalue weighted by molar-refractivity contribution is 7.88. The quantitative estimate of drug-likeness (QED) is 0.897. The lowest BCUT2D eigenvalue weighted by Gasteiger charge is -2.33. The third kappa shape index (κ3) is 5.10. The Morgan fingerprint density at radius 2 is 2.05 bits per heavy atom. The first-order valence-corrected chi connectivity index (χ1v) is 9.54. The number of amides is 1. The first-order valence-electron chi connectivity index (χ1n) is 7.65. The van der Waals surface area contributed by atoms with Crippen molar-refractivity contribution in [3.8, 4) is 0 Å². The lowest BCUT2D eigenvalue weighted by Crippen LogP contribution is -2.49. The van der Waals surface area contributed by atoms with Crippen molar-refractivity contribution in [1.29, 1.82) is 0 Å². The van der Waals surface area contributed by atoms with Crippen LogP contribution in [0.4, 0.5) is 0 Å². The van der Waals surface area contributed by atoms with Gasteiger partial charge in [-0.1, -0.05) is 37.3 Å². The van der Waals surface area contributed by atoms with Gasteiger partial charge in [-0.3, -0.25) is 4.79 Å². The van der Waals surface area contributed by atoms with E-state index in [1.165, 1.54) is 0 Å². The van der Waals surface area contributed by atoms with Crippen LogP contribution in [-0.2, 0) is 14.8 Å². The van der Waals surface area contributed by atoms with E-state index in [4.69, 9.17) is 0 Å². The molecule has 1 aliphatic rings. The molecule has 1 aromatic carbocycles. The van der Waals surface area contributed by atoms with E-state index < -0.39 is 10.0 Å². The number of carbonyl (C=O) groups excluding carboxylic acids is 1. The standard InChI is InChI=1S/C16H24N2O3S/c1-13(14-7-4-3-5-8-14)11-16(19)18-10-6-9-15(12-18)17-22(2,20)21/h3-5,7-8,13,15,17H,6,9-12H2,1-2H3. The van der Waals surface area contributed by atoms with Crippen molar-refractivity contribution in [2.24, 2.45) is 0 Å². The van der Waals surface area contributed by atoms with Gasteiger partial charge in [-0.25, -0.2) is 13.1 Å². The summed E-state index contributed by atoms with van der Waals surface area (Å²) in [4.78, 5) is 14.2. The lowest BCUT2D eigenvalue weighted by molar-refractivity contribution is -0.132. The smallest absolute Gasteiger partial charge is 0.223 e. The Hall–Kier alpha value is -1.40. The third-order valence-corrected chi connectivity index (χ3v) is 4.77. The fraction of sp³-hybridized carbons (Fsp3) is 0.562. The summed E-state index contributed by atoms with van der Waals surface area (Å²) in [5, 5.41) is 0. The maximum atomic E-state index is 12.4. The van der Waals surface area contributed by atoms with Gasteiger partial charge in [0.05, 0.1) is 6.26 Å². The molecule has 122 valence electrons. The zero-order valence-corrected chi connectivity index (χ0v) is 14.0. The predicted octanol–water partition coefficient (Wildman–Crippen LogP) is 1.72. The van der Waals surface area contributed by atoms with E-state index in [2.05, 4.69) is 4.72 Å². The van der Waals surface area contributed by atoms with Gasteiger partial charge in [0.1, 0.15) is 0 Å². The van der Waals surface area contributed by atoms with E-state index in [1.54, 1.807) is 4.90 Å². The molecule has 6 heteroatoms. The van der Waals surface area contributed by atoms with Gasteiger partial charge in [0.2, 0.25) is 15.9 Å². The molecule has 22 heavy (non-hydrogen) atoms. The number of hydrogen-bond donors (Lipinski definition) is 1. The van der Waals surface area contributed by atoms with Gasteiger partial charge < -0.3 is 4.90 Å². The first kappa shape index (κ1) is 17.0. The first-order chi connectivity index (χ1) is 10.3. The number of sulfonamides is 1. The summed E-state index contributed by atoms with van der Waals surface area (Å²) in [7, 11) is -3.23. The molecule has 1 saturated heterocycles. The summed E-state index contributed by atoms with van der Waals surface area (Å²) in [5.74, 6) is 0.258. The Balaban J connectivity index is 1.92. The SMILES string of the molecule is CC(CC(=O)N1CCCC(NS(C)(=O)=O)C1)c1ccccc1. The van der Waals surface area contributed by atoms with E-state index in [1.807, 2.05) is 37.3 Å². The van der Waals surface area contributed by atoms with Gasteiger partial charge in [-0.2, -0.15) is 0 Å². The summed E-state index contributed by atoms with van der Waals surface area (Å²) >= 11 is 0. The minimum atomic E-state index is -3.23. The van der Waals surface area contributed by atoms with Crippen LogP contribution in [0.1, 0.15) is 37.7 Å². The lowest BCUT2D eigenvalue weighted by atomic mass is 9.96. The van der Waals surface area contributed by atoms with Crippen LogP contribution in [0.15, 0.2) is 30.3 Å². The van der Waals surface area contributed by atoms with Gasteiger partial charge in [0, 0.05) is 25.6 Å². The van der Waals surface area contributed by atoms with Crippen LogP contribution in [-0.4, -0.2) is 44.6 Å². The molecule has 1 aromatic rings. The van der Waals surface area contributed by atoms with Crippen LogP contribution in [0.25, 0.3) is 0 Å². The number of hydrogen-bond acceptors (Lipinski definition) is 3. The molecular weight excluding hydrogens is 300 g/mol. The van der Waals surface area contributed by atoms with Crippen LogP contribution in [0.2, 0.25) is 0 Å². The Labute approximate surface area is 132 Å². The van der Waals surface area contributed by atoms with E-state index in [0.29, 0.717) is 19.5 Å². The molecule has 0 bridgehead atoms. The average molecular weight is 324 g/mol. The number of rotatable bonds is 5. The second kappa shape index (κ2) is 7.24.